The molecule has 1 atom stereocenters. The normalized spacial score (nSPS) is 14.8. The Hall–Kier alpha value is -3.74. The van der Waals surface area contributed by atoms with Crippen LogP contribution in [0.1, 0.15) is 42.1 Å². The fourth-order valence-electron chi connectivity index (χ4n) is 4.45. The molecule has 7 heteroatoms. The van der Waals surface area contributed by atoms with Crippen molar-refractivity contribution in [2.75, 3.05) is 25.1 Å². The Morgan fingerprint density at radius 3 is 2.67 bits per heavy atom. The van der Waals surface area contributed by atoms with Gasteiger partial charge in [-0.25, -0.2) is 4.98 Å². The number of para-hydroxylation sites is 1. The van der Waals surface area contributed by atoms with E-state index >= 15 is 0 Å². The molecule has 1 saturated heterocycles. The SMILES string of the molecule is COc1ccccc1-c1nc(C(Cc2cccnc2N2CCCCC2)c2cccnc2)no1. The van der Waals surface area contributed by atoms with Crippen LogP contribution in [0.15, 0.2) is 71.6 Å². The van der Waals surface area contributed by atoms with E-state index in [2.05, 4.69) is 27.2 Å². The highest BCUT2D eigenvalue weighted by molar-refractivity contribution is 5.62. The van der Waals surface area contributed by atoms with Gasteiger partial charge in [0.05, 0.1) is 18.6 Å². The molecule has 0 N–H and O–H groups in total. The van der Waals surface area contributed by atoms with Crippen molar-refractivity contribution in [3.8, 4) is 17.2 Å². The average molecular weight is 442 g/mol. The predicted octanol–water partition coefficient (Wildman–Crippen LogP) is 4.90. The first-order valence-corrected chi connectivity index (χ1v) is 11.4. The van der Waals surface area contributed by atoms with Gasteiger partial charge in [0.2, 0.25) is 0 Å². The van der Waals surface area contributed by atoms with Crippen LogP contribution in [0.25, 0.3) is 11.5 Å². The van der Waals surface area contributed by atoms with E-state index in [1.807, 2.05) is 48.8 Å². The van der Waals surface area contributed by atoms with E-state index in [1.54, 1.807) is 13.3 Å². The zero-order valence-corrected chi connectivity index (χ0v) is 18.7. The van der Waals surface area contributed by atoms with Gasteiger partial charge in [0.1, 0.15) is 11.6 Å². The van der Waals surface area contributed by atoms with Crippen molar-refractivity contribution in [2.24, 2.45) is 0 Å². The number of aromatic nitrogens is 4. The lowest BCUT2D eigenvalue weighted by Crippen LogP contribution is -2.31. The Kier molecular flexibility index (Phi) is 6.28. The molecule has 4 aromatic rings. The summed E-state index contributed by atoms with van der Waals surface area (Å²) in [4.78, 5) is 16.3. The van der Waals surface area contributed by atoms with Gasteiger partial charge in [-0.15, -0.1) is 0 Å². The van der Waals surface area contributed by atoms with Crippen molar-refractivity contribution >= 4 is 5.82 Å². The molecule has 0 bridgehead atoms. The topological polar surface area (TPSA) is 77.2 Å². The smallest absolute Gasteiger partial charge is 0.261 e. The molecule has 0 amide bonds. The molecule has 1 aliphatic rings. The molecular formula is C26H27N5O2. The van der Waals surface area contributed by atoms with Crippen LogP contribution in [0.3, 0.4) is 0 Å². The molecule has 7 nitrogen and oxygen atoms in total. The summed E-state index contributed by atoms with van der Waals surface area (Å²) in [5.74, 6) is 2.71. The van der Waals surface area contributed by atoms with E-state index in [-0.39, 0.29) is 5.92 Å². The Labute approximate surface area is 193 Å². The van der Waals surface area contributed by atoms with Crippen LogP contribution in [0.4, 0.5) is 5.82 Å². The van der Waals surface area contributed by atoms with Crippen molar-refractivity contribution in [3.05, 3.63) is 84.1 Å². The Morgan fingerprint density at radius 1 is 1.00 bits per heavy atom. The summed E-state index contributed by atoms with van der Waals surface area (Å²) in [6.45, 7) is 2.09. The molecule has 0 radical (unpaired) electrons. The van der Waals surface area contributed by atoms with Crippen LogP contribution in [0.5, 0.6) is 5.75 Å². The lowest BCUT2D eigenvalue weighted by atomic mass is 9.92. The minimum Gasteiger partial charge on any atom is -0.496 e. The van der Waals surface area contributed by atoms with Crippen molar-refractivity contribution in [1.82, 2.24) is 20.1 Å². The van der Waals surface area contributed by atoms with E-state index in [0.29, 0.717) is 23.9 Å². The first-order chi connectivity index (χ1) is 16.3. The summed E-state index contributed by atoms with van der Waals surface area (Å²) in [6, 6.07) is 15.8. The van der Waals surface area contributed by atoms with E-state index in [9.17, 15) is 0 Å². The fraction of sp³-hybridized carbons (Fsp3) is 0.308. The van der Waals surface area contributed by atoms with Crippen LogP contribution in [-0.4, -0.2) is 40.3 Å². The second-order valence-electron chi connectivity index (χ2n) is 8.23. The number of benzene rings is 1. The number of piperidine rings is 1. The molecule has 0 spiro atoms. The summed E-state index contributed by atoms with van der Waals surface area (Å²) < 4.78 is 11.2. The highest BCUT2D eigenvalue weighted by Gasteiger charge is 2.25. The zero-order valence-electron chi connectivity index (χ0n) is 18.7. The van der Waals surface area contributed by atoms with Crippen molar-refractivity contribution < 1.29 is 9.26 Å². The van der Waals surface area contributed by atoms with Gasteiger partial charge in [-0.3, -0.25) is 4.98 Å². The molecule has 0 saturated carbocycles. The molecule has 0 aliphatic carbocycles. The van der Waals surface area contributed by atoms with Crippen LogP contribution >= 0.6 is 0 Å². The van der Waals surface area contributed by atoms with Gasteiger partial charge >= 0.3 is 0 Å². The minimum atomic E-state index is -0.112. The number of pyridine rings is 2. The number of methoxy groups -OCH3 is 1. The highest BCUT2D eigenvalue weighted by Crippen LogP contribution is 2.33. The summed E-state index contributed by atoms with van der Waals surface area (Å²) in [5.41, 5.74) is 2.99. The molecule has 1 fully saturated rings. The minimum absolute atomic E-state index is 0.112. The molecule has 1 aromatic carbocycles. The number of nitrogens with zero attached hydrogens (tertiary/aromatic N) is 5. The van der Waals surface area contributed by atoms with Gasteiger partial charge in [-0.05, 0) is 61.1 Å². The lowest BCUT2D eigenvalue weighted by Gasteiger charge is -2.30. The third-order valence-electron chi connectivity index (χ3n) is 6.12. The van der Waals surface area contributed by atoms with Crippen LogP contribution < -0.4 is 9.64 Å². The first-order valence-electron chi connectivity index (χ1n) is 11.4. The number of hydrogen-bond donors (Lipinski definition) is 0. The molecular weight excluding hydrogens is 414 g/mol. The second kappa shape index (κ2) is 9.81. The maximum Gasteiger partial charge on any atom is 0.261 e. The zero-order chi connectivity index (χ0) is 22.5. The molecule has 168 valence electrons. The first kappa shape index (κ1) is 21.1. The third-order valence-corrected chi connectivity index (χ3v) is 6.12. The second-order valence-corrected chi connectivity index (χ2v) is 8.23. The standard InChI is InChI=1S/C26H27N5O2/c1-32-23-12-4-3-11-21(23)26-29-24(30-33-26)22(20-10-7-13-27-18-20)17-19-9-8-14-28-25(19)31-15-5-2-6-16-31/h3-4,7-14,18,22H,2,5-6,15-17H2,1H3. The van der Waals surface area contributed by atoms with Gasteiger partial charge in [-0.1, -0.05) is 29.4 Å². The predicted molar refractivity (Wildman–Crippen MR) is 126 cm³/mol. The van der Waals surface area contributed by atoms with Crippen molar-refractivity contribution in [2.45, 2.75) is 31.6 Å². The summed E-state index contributed by atoms with van der Waals surface area (Å²) in [7, 11) is 1.64. The van der Waals surface area contributed by atoms with E-state index < -0.39 is 0 Å². The number of rotatable bonds is 7. The van der Waals surface area contributed by atoms with E-state index in [4.69, 9.17) is 19.2 Å². The molecule has 33 heavy (non-hydrogen) atoms. The summed E-state index contributed by atoms with van der Waals surface area (Å²) in [6.07, 6.45) is 9.92. The van der Waals surface area contributed by atoms with Gasteiger partial charge in [-0.2, -0.15) is 4.98 Å². The maximum absolute atomic E-state index is 5.69. The molecule has 1 unspecified atom stereocenters. The number of hydrogen-bond acceptors (Lipinski definition) is 7. The summed E-state index contributed by atoms with van der Waals surface area (Å²) in [5, 5.41) is 4.38. The maximum atomic E-state index is 5.69. The van der Waals surface area contributed by atoms with Crippen LogP contribution in [0.2, 0.25) is 0 Å². The number of ether oxygens (including phenoxy) is 1. The van der Waals surface area contributed by atoms with Gasteiger partial charge < -0.3 is 14.2 Å². The molecule has 3 aromatic heterocycles. The summed E-state index contributed by atoms with van der Waals surface area (Å²) >= 11 is 0. The van der Waals surface area contributed by atoms with E-state index in [0.717, 1.165) is 30.0 Å². The largest absolute Gasteiger partial charge is 0.496 e. The van der Waals surface area contributed by atoms with Gasteiger partial charge in [0.15, 0.2) is 5.82 Å². The quantitative estimate of drug-likeness (QED) is 0.404. The Balaban J connectivity index is 1.51. The van der Waals surface area contributed by atoms with Gasteiger partial charge in [0, 0.05) is 31.7 Å². The molecule has 4 heterocycles. The van der Waals surface area contributed by atoms with Crippen LogP contribution in [-0.2, 0) is 6.42 Å². The fourth-order valence-corrected chi connectivity index (χ4v) is 4.45. The van der Waals surface area contributed by atoms with Crippen LogP contribution in [0, 0.1) is 0 Å². The Bertz CT molecular complexity index is 1190. The lowest BCUT2D eigenvalue weighted by molar-refractivity contribution is 0.401. The Morgan fingerprint density at radius 2 is 1.85 bits per heavy atom. The highest BCUT2D eigenvalue weighted by atomic mass is 16.5. The van der Waals surface area contributed by atoms with Crippen molar-refractivity contribution in [3.63, 3.8) is 0 Å². The molecule has 5 rings (SSSR count). The number of anilines is 1. The van der Waals surface area contributed by atoms with Crippen molar-refractivity contribution in [1.29, 1.82) is 0 Å². The average Bonchev–Trinajstić information content (AvgIpc) is 3.38. The monoisotopic (exact) mass is 441 g/mol. The molecule has 1 aliphatic heterocycles. The van der Waals surface area contributed by atoms with Gasteiger partial charge in [0.25, 0.3) is 5.89 Å². The van der Waals surface area contributed by atoms with E-state index in [1.165, 1.54) is 24.8 Å². The third kappa shape index (κ3) is 4.58.